The van der Waals surface area contributed by atoms with E-state index in [0.717, 1.165) is 29.9 Å². The van der Waals surface area contributed by atoms with Crippen LogP contribution in [0.15, 0.2) is 35.7 Å². The normalized spacial score (nSPS) is 19.1. The number of nitrogens with zero attached hydrogens (tertiary/aromatic N) is 3. The van der Waals surface area contributed by atoms with E-state index in [4.69, 9.17) is 0 Å². The molecule has 2 heterocycles. The van der Waals surface area contributed by atoms with Gasteiger partial charge in [-0.1, -0.05) is 6.07 Å². The maximum absolute atomic E-state index is 13.6. The predicted molar refractivity (Wildman–Crippen MR) is 101 cm³/mol. The van der Waals surface area contributed by atoms with Crippen molar-refractivity contribution >= 4 is 34.5 Å². The van der Waals surface area contributed by atoms with Crippen LogP contribution in [0.1, 0.15) is 24.1 Å². The molecular weight excluding hydrogens is 385 g/mol. The lowest BCUT2D eigenvalue weighted by Crippen LogP contribution is -2.38. The molecule has 1 aliphatic heterocycles. The van der Waals surface area contributed by atoms with Crippen LogP contribution in [0, 0.1) is 21.8 Å². The molecule has 0 spiro atoms. The van der Waals surface area contributed by atoms with Gasteiger partial charge in [0, 0.05) is 30.0 Å². The number of anilines is 1. The molecule has 1 aromatic carbocycles. The zero-order valence-corrected chi connectivity index (χ0v) is 15.7. The molecule has 2 aliphatic rings. The number of nitro groups is 1. The third-order valence-electron chi connectivity index (χ3n) is 5.09. The van der Waals surface area contributed by atoms with Gasteiger partial charge in [-0.15, -0.1) is 11.3 Å². The lowest BCUT2D eigenvalue weighted by molar-refractivity contribution is -0.387. The summed E-state index contributed by atoms with van der Waals surface area (Å²) in [6, 6.07) is 7.49. The summed E-state index contributed by atoms with van der Waals surface area (Å²) >= 11 is 1.59. The van der Waals surface area contributed by atoms with Crippen molar-refractivity contribution in [2.45, 2.75) is 31.8 Å². The van der Waals surface area contributed by atoms with Crippen LogP contribution in [0.3, 0.4) is 0 Å². The number of halogens is 1. The highest BCUT2D eigenvalue weighted by atomic mass is 32.1. The quantitative estimate of drug-likeness (QED) is 0.547. The van der Waals surface area contributed by atoms with Crippen LogP contribution in [-0.4, -0.2) is 34.2 Å². The minimum absolute atomic E-state index is 0.0532. The molecule has 7 nitrogen and oxygen atoms in total. The molecule has 1 saturated heterocycles. The molecule has 2 amide bonds. The molecule has 1 aromatic heterocycles. The molecule has 0 bridgehead atoms. The van der Waals surface area contributed by atoms with Crippen molar-refractivity contribution in [1.29, 1.82) is 0 Å². The van der Waals surface area contributed by atoms with Crippen molar-refractivity contribution in [3.05, 3.63) is 56.5 Å². The van der Waals surface area contributed by atoms with Crippen LogP contribution < -0.4 is 4.90 Å². The Bertz CT molecular complexity index is 929. The van der Waals surface area contributed by atoms with Crippen LogP contribution >= 0.6 is 11.3 Å². The topological polar surface area (TPSA) is 83.8 Å². The lowest BCUT2D eigenvalue weighted by Gasteiger charge is -2.25. The summed E-state index contributed by atoms with van der Waals surface area (Å²) in [7, 11) is 0. The second-order valence-corrected chi connectivity index (χ2v) is 8.11. The highest BCUT2D eigenvalue weighted by Gasteiger charge is 2.41. The van der Waals surface area contributed by atoms with E-state index in [9.17, 15) is 24.1 Å². The van der Waals surface area contributed by atoms with E-state index >= 15 is 0 Å². The zero-order valence-electron chi connectivity index (χ0n) is 14.9. The highest BCUT2D eigenvalue weighted by Crippen LogP contribution is 2.34. The number of nitro benzene ring substituents is 1. The minimum Gasteiger partial charge on any atom is -0.334 e. The van der Waals surface area contributed by atoms with Gasteiger partial charge >= 0.3 is 5.69 Å². The van der Waals surface area contributed by atoms with E-state index in [1.54, 1.807) is 11.3 Å². The third-order valence-corrected chi connectivity index (χ3v) is 5.95. The number of carbonyl (C=O) groups excluding carboxylic acids is 2. The average Bonchev–Trinajstić information content (AvgIpc) is 3.23. The number of thiophene rings is 1. The van der Waals surface area contributed by atoms with Crippen molar-refractivity contribution in [3.63, 3.8) is 0 Å². The molecule has 1 atom stereocenters. The molecule has 1 unspecified atom stereocenters. The fourth-order valence-electron chi connectivity index (χ4n) is 3.51. The fourth-order valence-corrected chi connectivity index (χ4v) is 4.21. The van der Waals surface area contributed by atoms with Gasteiger partial charge in [0.15, 0.2) is 0 Å². The van der Waals surface area contributed by atoms with Gasteiger partial charge in [0.05, 0.1) is 23.1 Å². The first kappa shape index (κ1) is 18.5. The minimum atomic E-state index is -0.955. The molecule has 1 aliphatic carbocycles. The van der Waals surface area contributed by atoms with Crippen LogP contribution in [-0.2, 0) is 16.1 Å². The Kier molecular flexibility index (Phi) is 4.84. The Morgan fingerprint density at radius 2 is 2.14 bits per heavy atom. The standard InChI is InChI=1S/C19H18FN3O4S/c20-16-6-5-14(9-17(16)23(26)27)21-10-12(8-18(21)24)19(25)22(13-3-4-13)11-15-2-1-7-28-15/h1-2,5-7,9,12-13H,3-4,8,10-11H2. The van der Waals surface area contributed by atoms with Crippen molar-refractivity contribution in [2.24, 2.45) is 5.92 Å². The van der Waals surface area contributed by atoms with E-state index in [-0.39, 0.29) is 36.5 Å². The summed E-state index contributed by atoms with van der Waals surface area (Å²) in [6.45, 7) is 0.683. The molecule has 146 valence electrons. The van der Waals surface area contributed by atoms with Crippen LogP contribution in [0.4, 0.5) is 15.8 Å². The maximum atomic E-state index is 13.6. The summed E-state index contributed by atoms with van der Waals surface area (Å²) in [5.74, 6) is -1.81. The van der Waals surface area contributed by atoms with Gasteiger partial charge in [0.25, 0.3) is 0 Å². The molecule has 4 rings (SSSR count). The molecule has 2 fully saturated rings. The van der Waals surface area contributed by atoms with Gasteiger partial charge in [-0.05, 0) is 36.4 Å². The number of carbonyl (C=O) groups is 2. The Morgan fingerprint density at radius 3 is 2.79 bits per heavy atom. The Hall–Kier alpha value is -2.81. The molecule has 2 aromatic rings. The number of amides is 2. The predicted octanol–water partition coefficient (Wildman–Crippen LogP) is 3.34. The largest absolute Gasteiger partial charge is 0.334 e. The first-order valence-corrected chi connectivity index (χ1v) is 9.89. The summed E-state index contributed by atoms with van der Waals surface area (Å²) in [5, 5.41) is 12.9. The molecule has 0 radical (unpaired) electrons. The number of rotatable bonds is 6. The molecule has 28 heavy (non-hydrogen) atoms. The molecular formula is C19H18FN3O4S. The smallest absolute Gasteiger partial charge is 0.306 e. The van der Waals surface area contributed by atoms with Crippen LogP contribution in [0.2, 0.25) is 0 Å². The summed E-state index contributed by atoms with van der Waals surface area (Å²) < 4.78 is 13.6. The lowest BCUT2D eigenvalue weighted by atomic mass is 10.1. The van der Waals surface area contributed by atoms with E-state index in [1.165, 1.54) is 11.0 Å². The van der Waals surface area contributed by atoms with Crippen molar-refractivity contribution in [2.75, 3.05) is 11.4 Å². The van der Waals surface area contributed by atoms with E-state index in [2.05, 4.69) is 0 Å². The zero-order chi connectivity index (χ0) is 19.8. The second-order valence-electron chi connectivity index (χ2n) is 7.07. The SMILES string of the molecule is O=C1CC(C(=O)N(Cc2cccs2)C2CC2)CN1c1ccc(F)c([N+](=O)[O-])c1. The molecule has 0 N–H and O–H groups in total. The number of hydrogen-bond acceptors (Lipinski definition) is 5. The van der Waals surface area contributed by atoms with E-state index in [1.807, 2.05) is 22.4 Å². The first-order valence-electron chi connectivity index (χ1n) is 9.01. The Labute approximate surface area is 164 Å². The van der Waals surface area contributed by atoms with Gasteiger partial charge in [0.2, 0.25) is 17.6 Å². The molecule has 1 saturated carbocycles. The molecule has 9 heteroatoms. The van der Waals surface area contributed by atoms with Gasteiger partial charge in [0.1, 0.15) is 0 Å². The fraction of sp³-hybridized carbons (Fsp3) is 0.368. The van der Waals surface area contributed by atoms with Crippen molar-refractivity contribution in [1.82, 2.24) is 4.90 Å². The summed E-state index contributed by atoms with van der Waals surface area (Å²) in [5.41, 5.74) is -0.443. The monoisotopic (exact) mass is 403 g/mol. The number of hydrogen-bond donors (Lipinski definition) is 0. The Morgan fingerprint density at radius 1 is 1.36 bits per heavy atom. The van der Waals surface area contributed by atoms with Gasteiger partial charge in [-0.3, -0.25) is 19.7 Å². The second kappa shape index (κ2) is 7.31. The summed E-state index contributed by atoms with van der Waals surface area (Å²) in [6.07, 6.45) is 1.98. The average molecular weight is 403 g/mol. The maximum Gasteiger partial charge on any atom is 0.306 e. The van der Waals surface area contributed by atoms with E-state index < -0.39 is 22.3 Å². The Balaban J connectivity index is 1.51. The van der Waals surface area contributed by atoms with Gasteiger partial charge in [-0.25, -0.2) is 0 Å². The number of benzene rings is 1. The third kappa shape index (κ3) is 3.62. The van der Waals surface area contributed by atoms with Gasteiger partial charge < -0.3 is 9.80 Å². The van der Waals surface area contributed by atoms with E-state index in [0.29, 0.717) is 6.54 Å². The van der Waals surface area contributed by atoms with Crippen LogP contribution in [0.25, 0.3) is 0 Å². The highest BCUT2D eigenvalue weighted by molar-refractivity contribution is 7.09. The van der Waals surface area contributed by atoms with Gasteiger partial charge in [-0.2, -0.15) is 4.39 Å². The van der Waals surface area contributed by atoms with Crippen molar-refractivity contribution in [3.8, 4) is 0 Å². The first-order chi connectivity index (χ1) is 13.4. The van der Waals surface area contributed by atoms with Crippen molar-refractivity contribution < 1.29 is 18.9 Å². The van der Waals surface area contributed by atoms with Crippen LogP contribution in [0.5, 0.6) is 0 Å². The summed E-state index contributed by atoms with van der Waals surface area (Å²) in [4.78, 5) is 40.0.